The summed E-state index contributed by atoms with van der Waals surface area (Å²) >= 11 is 5.44. The zero-order chi connectivity index (χ0) is 12.3. The van der Waals surface area contributed by atoms with Gasteiger partial charge in [0.1, 0.15) is 5.75 Å². The van der Waals surface area contributed by atoms with Gasteiger partial charge in [-0.05, 0) is 52.4 Å². The molecular formula is C13H9BrFIO. The molecule has 1 nitrogen and oxygen atoms in total. The number of benzene rings is 2. The Bertz CT molecular complexity index is 531. The van der Waals surface area contributed by atoms with E-state index in [1.165, 1.54) is 6.07 Å². The molecule has 2 aromatic carbocycles. The maximum absolute atomic E-state index is 13.7. The van der Waals surface area contributed by atoms with E-state index < -0.39 is 0 Å². The van der Waals surface area contributed by atoms with Crippen molar-refractivity contribution in [2.75, 3.05) is 0 Å². The van der Waals surface area contributed by atoms with Gasteiger partial charge in [-0.25, -0.2) is 4.39 Å². The average Bonchev–Trinajstić information content (AvgIpc) is 2.34. The first-order valence-corrected chi connectivity index (χ1v) is 7.17. The van der Waals surface area contributed by atoms with Gasteiger partial charge >= 0.3 is 0 Å². The number of hydrogen-bond acceptors (Lipinski definition) is 1. The van der Waals surface area contributed by atoms with Gasteiger partial charge < -0.3 is 4.74 Å². The lowest BCUT2D eigenvalue weighted by atomic mass is 10.2. The Kier molecular flexibility index (Phi) is 4.39. The van der Waals surface area contributed by atoms with Crippen molar-refractivity contribution in [3.8, 4) is 11.5 Å². The predicted octanol–water partition coefficient (Wildman–Crippen LogP) is 5.12. The molecule has 0 atom stereocenters. The van der Waals surface area contributed by atoms with Crippen LogP contribution in [0.15, 0.2) is 42.5 Å². The highest BCUT2D eigenvalue weighted by Crippen LogP contribution is 2.28. The zero-order valence-corrected chi connectivity index (χ0v) is 12.5. The quantitative estimate of drug-likeness (QED) is 0.508. The number of hydrogen-bond donors (Lipinski definition) is 0. The fourth-order valence-corrected chi connectivity index (χ4v) is 2.20. The van der Waals surface area contributed by atoms with Crippen LogP contribution in [-0.2, 0) is 5.33 Å². The Morgan fingerprint density at radius 3 is 2.53 bits per heavy atom. The van der Waals surface area contributed by atoms with Gasteiger partial charge in [-0.15, -0.1) is 0 Å². The Hall–Kier alpha value is -0.620. The molecule has 0 aliphatic rings. The molecule has 0 saturated carbocycles. The minimum atomic E-state index is -0.346. The number of rotatable bonds is 3. The molecule has 0 amide bonds. The van der Waals surface area contributed by atoms with E-state index >= 15 is 0 Å². The topological polar surface area (TPSA) is 9.23 Å². The Morgan fingerprint density at radius 1 is 1.12 bits per heavy atom. The van der Waals surface area contributed by atoms with Crippen LogP contribution in [0.2, 0.25) is 0 Å². The number of alkyl halides is 1. The number of halogens is 3. The fraction of sp³-hybridized carbons (Fsp3) is 0.0769. The maximum Gasteiger partial charge on any atom is 0.166 e. The normalized spacial score (nSPS) is 10.3. The largest absolute Gasteiger partial charge is 0.453 e. The summed E-state index contributed by atoms with van der Waals surface area (Å²) in [5.74, 6) is 0.569. The Morgan fingerprint density at radius 2 is 1.88 bits per heavy atom. The van der Waals surface area contributed by atoms with Crippen LogP contribution in [0.4, 0.5) is 4.39 Å². The summed E-state index contributed by atoms with van der Waals surface area (Å²) < 4.78 is 20.2. The van der Waals surface area contributed by atoms with Crippen molar-refractivity contribution in [3.63, 3.8) is 0 Å². The van der Waals surface area contributed by atoms with E-state index in [2.05, 4.69) is 38.5 Å². The molecule has 0 heterocycles. The minimum Gasteiger partial charge on any atom is -0.453 e. The number of ether oxygens (including phenoxy) is 1. The van der Waals surface area contributed by atoms with Crippen LogP contribution in [0.3, 0.4) is 0 Å². The van der Waals surface area contributed by atoms with E-state index in [0.29, 0.717) is 11.1 Å². The van der Waals surface area contributed by atoms with Crippen LogP contribution in [0.5, 0.6) is 11.5 Å². The van der Waals surface area contributed by atoms with Gasteiger partial charge in [0.05, 0.1) is 3.57 Å². The molecule has 88 valence electrons. The van der Waals surface area contributed by atoms with Crippen LogP contribution in [0.25, 0.3) is 0 Å². The third kappa shape index (κ3) is 3.19. The molecule has 0 spiro atoms. The van der Waals surface area contributed by atoms with E-state index in [4.69, 9.17) is 4.74 Å². The van der Waals surface area contributed by atoms with Crippen LogP contribution in [-0.4, -0.2) is 0 Å². The summed E-state index contributed by atoms with van der Waals surface area (Å²) in [5, 5.41) is 0.632. The smallest absolute Gasteiger partial charge is 0.166 e. The van der Waals surface area contributed by atoms with Crippen molar-refractivity contribution in [2.24, 2.45) is 0 Å². The molecule has 2 rings (SSSR count). The first kappa shape index (κ1) is 12.8. The van der Waals surface area contributed by atoms with Crippen molar-refractivity contribution in [1.82, 2.24) is 0 Å². The lowest BCUT2D eigenvalue weighted by molar-refractivity contribution is 0.439. The summed E-state index contributed by atoms with van der Waals surface area (Å²) in [4.78, 5) is 0. The highest BCUT2D eigenvalue weighted by Gasteiger charge is 2.07. The second-order valence-corrected chi connectivity index (χ2v) is 5.15. The molecule has 0 aromatic heterocycles. The maximum atomic E-state index is 13.7. The SMILES string of the molecule is Fc1cc(CBr)ccc1Oc1ccccc1I. The van der Waals surface area contributed by atoms with E-state index in [-0.39, 0.29) is 11.6 Å². The van der Waals surface area contributed by atoms with Crippen molar-refractivity contribution >= 4 is 38.5 Å². The Labute approximate surface area is 121 Å². The standard InChI is InChI=1S/C13H9BrFIO/c14-8-9-5-6-12(10(15)7-9)17-13-4-2-1-3-11(13)16/h1-7H,8H2. The average molecular weight is 407 g/mol. The summed E-state index contributed by atoms with van der Waals surface area (Å²) in [6.45, 7) is 0. The lowest BCUT2D eigenvalue weighted by Gasteiger charge is -2.09. The van der Waals surface area contributed by atoms with Crippen LogP contribution in [0, 0.1) is 9.39 Å². The second kappa shape index (κ2) is 5.82. The molecular weight excluding hydrogens is 398 g/mol. The highest BCUT2D eigenvalue weighted by atomic mass is 127. The van der Waals surface area contributed by atoms with E-state index in [1.807, 2.05) is 30.3 Å². The van der Waals surface area contributed by atoms with E-state index in [9.17, 15) is 4.39 Å². The van der Waals surface area contributed by atoms with Crippen molar-refractivity contribution in [2.45, 2.75) is 5.33 Å². The van der Waals surface area contributed by atoms with Gasteiger partial charge in [0.25, 0.3) is 0 Å². The van der Waals surface area contributed by atoms with Crippen LogP contribution in [0.1, 0.15) is 5.56 Å². The lowest BCUT2D eigenvalue weighted by Crippen LogP contribution is -1.91. The molecule has 0 unspecified atom stereocenters. The Balaban J connectivity index is 2.28. The third-order valence-electron chi connectivity index (χ3n) is 2.21. The molecule has 0 fully saturated rings. The van der Waals surface area contributed by atoms with Gasteiger partial charge in [-0.2, -0.15) is 0 Å². The molecule has 0 saturated heterocycles. The molecule has 0 aliphatic heterocycles. The second-order valence-electron chi connectivity index (χ2n) is 3.43. The molecule has 0 N–H and O–H groups in total. The predicted molar refractivity (Wildman–Crippen MR) is 78.3 cm³/mol. The summed E-state index contributed by atoms with van der Waals surface area (Å²) in [7, 11) is 0. The third-order valence-corrected chi connectivity index (χ3v) is 3.75. The minimum absolute atomic E-state index is 0.249. The molecule has 0 aliphatic carbocycles. The molecule has 2 aromatic rings. The van der Waals surface area contributed by atoms with Gasteiger partial charge in [-0.1, -0.05) is 34.1 Å². The molecule has 17 heavy (non-hydrogen) atoms. The number of para-hydroxylation sites is 1. The monoisotopic (exact) mass is 406 g/mol. The van der Waals surface area contributed by atoms with Gasteiger partial charge in [-0.3, -0.25) is 0 Å². The molecule has 0 bridgehead atoms. The van der Waals surface area contributed by atoms with Crippen LogP contribution < -0.4 is 4.74 Å². The summed E-state index contributed by atoms with van der Waals surface area (Å²) in [6, 6.07) is 12.5. The van der Waals surface area contributed by atoms with E-state index in [0.717, 1.165) is 9.13 Å². The van der Waals surface area contributed by atoms with E-state index in [1.54, 1.807) is 6.07 Å². The van der Waals surface area contributed by atoms with Crippen molar-refractivity contribution in [1.29, 1.82) is 0 Å². The first-order chi connectivity index (χ1) is 8.20. The van der Waals surface area contributed by atoms with Gasteiger partial charge in [0.2, 0.25) is 0 Å². The van der Waals surface area contributed by atoms with Crippen molar-refractivity contribution < 1.29 is 9.13 Å². The zero-order valence-electron chi connectivity index (χ0n) is 8.79. The first-order valence-electron chi connectivity index (χ1n) is 4.97. The summed E-state index contributed by atoms with van der Waals surface area (Å²) in [5.41, 5.74) is 0.887. The molecule has 4 heteroatoms. The van der Waals surface area contributed by atoms with Gasteiger partial charge in [0.15, 0.2) is 11.6 Å². The fourth-order valence-electron chi connectivity index (χ4n) is 1.36. The molecule has 0 radical (unpaired) electrons. The summed E-state index contributed by atoms with van der Waals surface area (Å²) in [6.07, 6.45) is 0. The van der Waals surface area contributed by atoms with Gasteiger partial charge in [0, 0.05) is 5.33 Å². The highest BCUT2D eigenvalue weighted by molar-refractivity contribution is 14.1. The van der Waals surface area contributed by atoms with Crippen molar-refractivity contribution in [3.05, 3.63) is 57.4 Å². The van der Waals surface area contributed by atoms with Crippen LogP contribution >= 0.6 is 38.5 Å².